The standard InChI is InChI=1S/C33H40N2O5/c1-3-27(21-29(33(39)35-2)30(36)22-31(34)37)32(38)28-15-13-24(14-16-28)8-7-23-9-11-26(12-10-23)20-25-6-4-5-18-40-19-17-25/h9-16,25,27,29H,3-6,17-22H2,1-2H3,(H2,34,37)(H,35,39). The van der Waals surface area contributed by atoms with E-state index in [1.807, 2.05) is 19.1 Å². The summed E-state index contributed by atoms with van der Waals surface area (Å²) in [5, 5.41) is 2.44. The fraction of sp³-hybridized carbons (Fsp3) is 0.455. The Hall–Kier alpha value is -3.76. The number of Topliss-reactive ketones (excluding diaryl/α,β-unsaturated/α-hetero) is 2. The van der Waals surface area contributed by atoms with Crippen LogP contribution in [0.4, 0.5) is 0 Å². The number of carbonyl (C=O) groups is 4. The smallest absolute Gasteiger partial charge is 0.230 e. The molecule has 7 nitrogen and oxygen atoms in total. The van der Waals surface area contributed by atoms with E-state index in [1.54, 1.807) is 24.3 Å². The zero-order valence-corrected chi connectivity index (χ0v) is 23.5. The van der Waals surface area contributed by atoms with Gasteiger partial charge in [-0.05, 0) is 74.3 Å². The van der Waals surface area contributed by atoms with Crippen LogP contribution < -0.4 is 11.1 Å². The van der Waals surface area contributed by atoms with Crippen LogP contribution in [0.2, 0.25) is 0 Å². The molecular formula is C33H40N2O5. The van der Waals surface area contributed by atoms with Gasteiger partial charge in [-0.2, -0.15) is 0 Å². The van der Waals surface area contributed by atoms with Gasteiger partial charge >= 0.3 is 0 Å². The van der Waals surface area contributed by atoms with Crippen molar-refractivity contribution in [3.05, 3.63) is 70.8 Å². The minimum Gasteiger partial charge on any atom is -0.381 e. The lowest BCUT2D eigenvalue weighted by Gasteiger charge is -2.20. The van der Waals surface area contributed by atoms with Crippen LogP contribution >= 0.6 is 0 Å². The average molecular weight is 545 g/mol. The summed E-state index contributed by atoms with van der Waals surface area (Å²) >= 11 is 0. The molecule has 212 valence electrons. The third kappa shape index (κ3) is 9.46. The molecule has 3 atom stereocenters. The number of amides is 2. The molecule has 3 unspecified atom stereocenters. The van der Waals surface area contributed by atoms with Gasteiger partial charge in [-0.15, -0.1) is 0 Å². The van der Waals surface area contributed by atoms with Gasteiger partial charge in [0.2, 0.25) is 11.8 Å². The first kappa shape index (κ1) is 30.8. The lowest BCUT2D eigenvalue weighted by atomic mass is 9.83. The summed E-state index contributed by atoms with van der Waals surface area (Å²) in [4.78, 5) is 49.1. The van der Waals surface area contributed by atoms with E-state index in [0.29, 0.717) is 17.9 Å². The fourth-order valence-electron chi connectivity index (χ4n) is 5.09. The second-order valence-electron chi connectivity index (χ2n) is 10.5. The van der Waals surface area contributed by atoms with Crippen molar-refractivity contribution in [2.24, 2.45) is 23.5 Å². The fourth-order valence-corrected chi connectivity index (χ4v) is 5.09. The van der Waals surface area contributed by atoms with Crippen molar-refractivity contribution in [1.29, 1.82) is 0 Å². The zero-order valence-electron chi connectivity index (χ0n) is 23.5. The maximum Gasteiger partial charge on any atom is 0.230 e. The van der Waals surface area contributed by atoms with Crippen LogP contribution in [0.3, 0.4) is 0 Å². The van der Waals surface area contributed by atoms with Crippen molar-refractivity contribution < 1.29 is 23.9 Å². The van der Waals surface area contributed by atoms with E-state index in [4.69, 9.17) is 10.5 Å². The van der Waals surface area contributed by atoms with Gasteiger partial charge in [0.05, 0.1) is 12.3 Å². The van der Waals surface area contributed by atoms with Crippen LogP contribution in [0.15, 0.2) is 48.5 Å². The molecule has 1 aliphatic rings. The van der Waals surface area contributed by atoms with Crippen LogP contribution in [0.1, 0.15) is 78.9 Å². The number of hydrogen-bond acceptors (Lipinski definition) is 5. The summed E-state index contributed by atoms with van der Waals surface area (Å²) in [6.07, 6.45) is 5.74. The average Bonchev–Trinajstić information content (AvgIpc) is 2.93. The van der Waals surface area contributed by atoms with Crippen molar-refractivity contribution in [3.8, 4) is 11.8 Å². The molecule has 0 radical (unpaired) electrons. The number of ketones is 2. The predicted molar refractivity (Wildman–Crippen MR) is 154 cm³/mol. The molecule has 40 heavy (non-hydrogen) atoms. The molecule has 0 saturated carbocycles. The monoisotopic (exact) mass is 544 g/mol. The van der Waals surface area contributed by atoms with E-state index in [9.17, 15) is 19.2 Å². The van der Waals surface area contributed by atoms with Crippen molar-refractivity contribution in [1.82, 2.24) is 5.32 Å². The number of rotatable bonds is 11. The van der Waals surface area contributed by atoms with Crippen LogP contribution in [0.5, 0.6) is 0 Å². The van der Waals surface area contributed by atoms with E-state index >= 15 is 0 Å². The first-order valence-corrected chi connectivity index (χ1v) is 14.2. The SMILES string of the molecule is CCC(CC(C(=O)CC(N)=O)C(=O)NC)C(=O)c1ccc(C#Cc2ccc(CC3CCCCOCC3)cc2)cc1. The zero-order chi connectivity index (χ0) is 28.9. The Morgan fingerprint density at radius 2 is 1.60 bits per heavy atom. The maximum absolute atomic E-state index is 13.2. The third-order valence-corrected chi connectivity index (χ3v) is 7.50. The Morgan fingerprint density at radius 1 is 0.950 bits per heavy atom. The first-order valence-electron chi connectivity index (χ1n) is 14.2. The Balaban J connectivity index is 1.62. The van der Waals surface area contributed by atoms with E-state index in [-0.39, 0.29) is 12.2 Å². The van der Waals surface area contributed by atoms with Gasteiger partial charge in [-0.25, -0.2) is 0 Å². The number of hydrogen-bond donors (Lipinski definition) is 2. The number of nitrogens with one attached hydrogen (secondary N) is 1. The van der Waals surface area contributed by atoms with Gasteiger partial charge in [0.25, 0.3) is 0 Å². The van der Waals surface area contributed by atoms with Crippen LogP contribution in [0, 0.1) is 29.6 Å². The van der Waals surface area contributed by atoms with Crippen molar-refractivity contribution in [2.75, 3.05) is 20.3 Å². The van der Waals surface area contributed by atoms with Gasteiger partial charge in [0.1, 0.15) is 0 Å². The van der Waals surface area contributed by atoms with Crippen LogP contribution in [-0.2, 0) is 25.5 Å². The Kier molecular flexibility index (Phi) is 12.1. The van der Waals surface area contributed by atoms with Crippen LogP contribution in [-0.4, -0.2) is 43.6 Å². The molecule has 3 N–H and O–H groups in total. The molecule has 1 heterocycles. The van der Waals surface area contributed by atoms with E-state index < -0.39 is 35.9 Å². The number of nitrogens with two attached hydrogens (primary N) is 1. The quantitative estimate of drug-likeness (QED) is 0.249. The molecule has 2 aromatic carbocycles. The number of primary amides is 1. The summed E-state index contributed by atoms with van der Waals surface area (Å²) < 4.78 is 5.64. The minimum atomic E-state index is -1.10. The maximum atomic E-state index is 13.2. The molecule has 1 fully saturated rings. The van der Waals surface area contributed by atoms with Crippen molar-refractivity contribution >= 4 is 23.4 Å². The first-order chi connectivity index (χ1) is 19.3. The lowest BCUT2D eigenvalue weighted by Crippen LogP contribution is -2.37. The Morgan fingerprint density at radius 3 is 2.20 bits per heavy atom. The molecule has 2 aromatic rings. The number of benzene rings is 2. The van der Waals surface area contributed by atoms with Gasteiger partial charge in [-0.1, -0.05) is 49.5 Å². The molecule has 1 aliphatic heterocycles. The summed E-state index contributed by atoms with van der Waals surface area (Å²) in [6.45, 7) is 3.57. The highest BCUT2D eigenvalue weighted by atomic mass is 16.5. The second-order valence-corrected chi connectivity index (χ2v) is 10.5. The summed E-state index contributed by atoms with van der Waals surface area (Å²) in [5.41, 5.74) is 8.65. The molecule has 1 saturated heterocycles. The normalized spacial score (nSPS) is 16.8. The summed E-state index contributed by atoms with van der Waals surface area (Å²) in [7, 11) is 1.42. The van der Waals surface area contributed by atoms with E-state index in [2.05, 4.69) is 29.3 Å². The Bertz CT molecular complexity index is 1220. The highest BCUT2D eigenvalue weighted by molar-refractivity contribution is 6.08. The van der Waals surface area contributed by atoms with E-state index in [1.165, 1.54) is 25.5 Å². The van der Waals surface area contributed by atoms with Crippen molar-refractivity contribution in [3.63, 3.8) is 0 Å². The molecule has 0 aromatic heterocycles. The van der Waals surface area contributed by atoms with E-state index in [0.717, 1.165) is 43.6 Å². The lowest BCUT2D eigenvalue weighted by molar-refractivity contribution is -0.135. The second kappa shape index (κ2) is 15.7. The molecular weight excluding hydrogens is 504 g/mol. The molecule has 0 bridgehead atoms. The highest BCUT2D eigenvalue weighted by Crippen LogP contribution is 2.24. The molecule has 0 spiro atoms. The van der Waals surface area contributed by atoms with Gasteiger partial charge in [-0.3, -0.25) is 19.2 Å². The van der Waals surface area contributed by atoms with Crippen LogP contribution in [0.25, 0.3) is 0 Å². The number of ether oxygens (including phenoxy) is 1. The Labute approximate surface area is 237 Å². The third-order valence-electron chi connectivity index (χ3n) is 7.50. The van der Waals surface area contributed by atoms with Gasteiger partial charge in [0, 0.05) is 42.9 Å². The molecule has 0 aliphatic carbocycles. The summed E-state index contributed by atoms with van der Waals surface area (Å²) in [5.74, 6) is 3.30. The van der Waals surface area contributed by atoms with Gasteiger partial charge < -0.3 is 15.8 Å². The minimum absolute atomic E-state index is 0.0210. The molecule has 7 heteroatoms. The molecule has 2 amide bonds. The topological polar surface area (TPSA) is 116 Å². The number of carbonyl (C=O) groups excluding carboxylic acids is 4. The largest absolute Gasteiger partial charge is 0.381 e. The summed E-state index contributed by atoms with van der Waals surface area (Å²) in [6, 6.07) is 15.4. The van der Waals surface area contributed by atoms with Crippen molar-refractivity contribution in [2.45, 2.75) is 58.3 Å². The predicted octanol–water partition coefficient (Wildman–Crippen LogP) is 4.24. The van der Waals surface area contributed by atoms with Gasteiger partial charge in [0.15, 0.2) is 11.6 Å². The molecule has 3 rings (SSSR count). The highest BCUT2D eigenvalue weighted by Gasteiger charge is 2.32.